The Morgan fingerprint density at radius 1 is 1.24 bits per heavy atom. The lowest BCUT2D eigenvalue weighted by Gasteiger charge is -2.25. The van der Waals surface area contributed by atoms with Crippen molar-refractivity contribution in [3.05, 3.63) is 47.2 Å². The molecule has 0 aliphatic carbocycles. The van der Waals surface area contributed by atoms with Crippen molar-refractivity contribution in [2.24, 2.45) is 4.36 Å². The molecular weight excluding hydrogens is 516 g/mol. The third-order valence-corrected chi connectivity index (χ3v) is 7.35. The first-order chi connectivity index (χ1) is 17.6. The van der Waals surface area contributed by atoms with Gasteiger partial charge < -0.3 is 15.0 Å². The largest absolute Gasteiger partial charge is 0.442 e. The van der Waals surface area contributed by atoms with Crippen LogP contribution < -0.4 is 10.2 Å². The van der Waals surface area contributed by atoms with Crippen LogP contribution in [0.3, 0.4) is 0 Å². The molecule has 1 aliphatic heterocycles. The van der Waals surface area contributed by atoms with Crippen molar-refractivity contribution in [1.29, 1.82) is 5.26 Å². The number of ether oxygens (including phenoxy) is 1. The Morgan fingerprint density at radius 3 is 2.61 bits per heavy atom. The van der Waals surface area contributed by atoms with E-state index in [4.69, 9.17) is 4.74 Å². The third-order valence-electron chi connectivity index (χ3n) is 5.73. The van der Waals surface area contributed by atoms with Crippen LogP contribution in [0, 0.1) is 18.3 Å². The van der Waals surface area contributed by atoms with Gasteiger partial charge >= 0.3 is 6.09 Å². The summed E-state index contributed by atoms with van der Waals surface area (Å²) in [6.07, 6.45) is -0.121. The van der Waals surface area contributed by atoms with Gasteiger partial charge in [0.05, 0.1) is 15.3 Å². The van der Waals surface area contributed by atoms with Gasteiger partial charge in [0.15, 0.2) is 0 Å². The number of anilines is 2. The predicted octanol–water partition coefficient (Wildman–Crippen LogP) is 5.53. The van der Waals surface area contributed by atoms with Gasteiger partial charge in [0.25, 0.3) is 5.91 Å². The normalized spacial score (nSPS) is 16.9. The van der Waals surface area contributed by atoms with E-state index in [9.17, 15) is 27.8 Å². The van der Waals surface area contributed by atoms with Crippen molar-refractivity contribution in [2.45, 2.75) is 63.4 Å². The third kappa shape index (κ3) is 7.47. The van der Waals surface area contributed by atoms with Gasteiger partial charge in [-0.2, -0.15) is 5.26 Å². The summed E-state index contributed by atoms with van der Waals surface area (Å²) in [5, 5.41) is 12.1. The zero-order chi connectivity index (χ0) is 28.3. The number of halogens is 2. The number of carbonyl (C=O) groups excluding carboxylic acids is 2. The Hall–Kier alpha value is -3.59. The Balaban J connectivity index is 1.94. The number of benzene rings is 1. The molecule has 12 heteroatoms. The number of aromatic nitrogens is 1. The maximum atomic E-state index is 14.0. The second-order valence-corrected chi connectivity index (χ2v) is 12.4. The summed E-state index contributed by atoms with van der Waals surface area (Å²) < 4.78 is 50.0. The number of carbonyl (C=O) groups is 2. The van der Waals surface area contributed by atoms with E-state index in [1.54, 1.807) is 44.7 Å². The van der Waals surface area contributed by atoms with E-state index in [0.29, 0.717) is 5.56 Å². The molecule has 38 heavy (non-hydrogen) atoms. The number of pyridine rings is 1. The molecule has 0 spiro atoms. The zero-order valence-corrected chi connectivity index (χ0v) is 22.8. The molecule has 0 saturated carbocycles. The quantitative estimate of drug-likeness (QED) is 0.533. The minimum Gasteiger partial charge on any atom is -0.442 e. The van der Waals surface area contributed by atoms with Gasteiger partial charge in [-0.05, 0) is 63.9 Å². The number of rotatable bonds is 4. The summed E-state index contributed by atoms with van der Waals surface area (Å²) in [5.74, 6) is -3.22. The number of alkyl halides is 2. The number of hydrogen-bond acceptors (Lipinski definition) is 7. The van der Waals surface area contributed by atoms with Crippen LogP contribution in [-0.4, -0.2) is 52.1 Å². The highest BCUT2D eigenvalue weighted by Gasteiger charge is 2.33. The van der Waals surface area contributed by atoms with Crippen LogP contribution in [0.15, 0.2) is 39.6 Å². The summed E-state index contributed by atoms with van der Waals surface area (Å²) in [7, 11) is -3.19. The van der Waals surface area contributed by atoms with E-state index >= 15 is 0 Å². The lowest BCUT2D eigenvalue weighted by Crippen LogP contribution is -2.30. The van der Waals surface area contributed by atoms with Crippen LogP contribution in [0.1, 0.15) is 61.6 Å². The lowest BCUT2D eigenvalue weighted by molar-refractivity contribution is -0.0102. The second kappa shape index (κ2) is 11.0. The van der Waals surface area contributed by atoms with Crippen LogP contribution in [0.25, 0.3) is 0 Å². The Morgan fingerprint density at radius 2 is 1.95 bits per heavy atom. The van der Waals surface area contributed by atoms with E-state index < -0.39 is 33.3 Å². The molecule has 1 aromatic heterocycles. The maximum Gasteiger partial charge on any atom is 0.442 e. The molecule has 9 nitrogen and oxygen atoms in total. The summed E-state index contributed by atoms with van der Waals surface area (Å²) in [6, 6.07) is 9.49. The first kappa shape index (κ1) is 29.0. The highest BCUT2D eigenvalue weighted by atomic mass is 32.2. The Labute approximate surface area is 221 Å². The fourth-order valence-corrected chi connectivity index (χ4v) is 5.08. The van der Waals surface area contributed by atoms with Crippen molar-refractivity contribution < 1.29 is 27.3 Å². The van der Waals surface area contributed by atoms with Gasteiger partial charge in [-0.1, -0.05) is 6.07 Å². The zero-order valence-electron chi connectivity index (χ0n) is 22.0. The van der Waals surface area contributed by atoms with Gasteiger partial charge in [0.1, 0.15) is 23.2 Å². The van der Waals surface area contributed by atoms with Crippen LogP contribution in [0.4, 0.5) is 25.1 Å². The van der Waals surface area contributed by atoms with Crippen LogP contribution in [-0.2, 0) is 14.5 Å². The fourth-order valence-electron chi connectivity index (χ4n) is 3.98. The number of nitrogens with zero attached hydrogens (tertiary/aromatic N) is 4. The average Bonchev–Trinajstić information content (AvgIpc) is 2.97. The summed E-state index contributed by atoms with van der Waals surface area (Å²) in [4.78, 5) is 31.7. The minimum absolute atomic E-state index is 0.0197. The van der Waals surface area contributed by atoms with Gasteiger partial charge in [0, 0.05) is 42.8 Å². The molecule has 2 heterocycles. The first-order valence-electron chi connectivity index (χ1n) is 12.0. The molecule has 204 valence electrons. The topological polar surface area (TPSA) is 125 Å². The number of aryl methyl sites for hydroxylation is 1. The minimum atomic E-state index is -3.19. The molecule has 0 radical (unpaired) electrons. The number of amides is 2. The molecule has 3 rings (SSSR count). The Bertz CT molecular complexity index is 1410. The molecule has 1 fully saturated rings. The molecule has 0 unspecified atom stereocenters. The molecule has 1 N–H and O–H groups in total. The van der Waals surface area contributed by atoms with E-state index in [-0.39, 0.29) is 60.0 Å². The molecule has 2 aromatic rings. The molecule has 0 bridgehead atoms. The molecule has 1 atom stereocenters. The van der Waals surface area contributed by atoms with Crippen molar-refractivity contribution in [3.63, 3.8) is 0 Å². The van der Waals surface area contributed by atoms with Crippen molar-refractivity contribution >= 4 is 33.2 Å². The van der Waals surface area contributed by atoms with Gasteiger partial charge in [-0.25, -0.2) is 22.8 Å². The maximum absolute atomic E-state index is 14.0. The average molecular weight is 548 g/mol. The molecule has 1 aromatic carbocycles. The first-order valence-corrected chi connectivity index (χ1v) is 13.9. The monoisotopic (exact) mass is 547 g/mol. The SMILES string of the molecule is Cc1cc(C#N)nc(N2CCCC(F)(F)CC2)c1C(=O)Nc1cccc([S@@](C)(=O)=NC(=O)OC(C)(C)C)c1. The van der Waals surface area contributed by atoms with Crippen molar-refractivity contribution in [2.75, 3.05) is 29.6 Å². The number of nitriles is 1. The molecular formula is C26H31F2N5O4S. The van der Waals surface area contributed by atoms with Crippen LogP contribution >= 0.6 is 0 Å². The van der Waals surface area contributed by atoms with E-state index in [1.807, 2.05) is 6.07 Å². The Kier molecular flexibility index (Phi) is 8.41. The number of nitrogens with one attached hydrogen (secondary N) is 1. The summed E-state index contributed by atoms with van der Waals surface area (Å²) in [6.45, 7) is 6.88. The van der Waals surface area contributed by atoms with E-state index in [2.05, 4.69) is 14.7 Å². The predicted molar refractivity (Wildman–Crippen MR) is 140 cm³/mol. The summed E-state index contributed by atoms with van der Waals surface area (Å²) >= 11 is 0. The standard InChI is InChI=1S/C26H31F2N5O4S/c1-17-14-19(16-29)30-22(33-12-7-10-26(27,28)11-13-33)21(17)23(34)31-18-8-6-9-20(15-18)38(5,36)32-24(35)37-25(2,3)4/h6,8-9,14-15H,7,10-13H2,1-5H3,(H,31,34)/t38-/m1/s1. The van der Waals surface area contributed by atoms with Crippen molar-refractivity contribution in [1.82, 2.24) is 4.98 Å². The smallest absolute Gasteiger partial charge is 0.442 e. The van der Waals surface area contributed by atoms with E-state index in [1.165, 1.54) is 24.5 Å². The van der Waals surface area contributed by atoms with Gasteiger partial charge in [-0.3, -0.25) is 4.79 Å². The summed E-state index contributed by atoms with van der Waals surface area (Å²) in [5.41, 5.74) is 0.144. The van der Waals surface area contributed by atoms with Gasteiger partial charge in [-0.15, -0.1) is 4.36 Å². The number of hydrogen-bond donors (Lipinski definition) is 1. The molecule has 1 aliphatic rings. The van der Waals surface area contributed by atoms with Gasteiger partial charge in [0.2, 0.25) is 5.92 Å². The lowest BCUT2D eigenvalue weighted by atomic mass is 10.1. The molecule has 1 saturated heterocycles. The van der Waals surface area contributed by atoms with Crippen LogP contribution in [0.2, 0.25) is 0 Å². The highest BCUT2D eigenvalue weighted by molar-refractivity contribution is 7.93. The van der Waals surface area contributed by atoms with Crippen molar-refractivity contribution in [3.8, 4) is 6.07 Å². The van der Waals surface area contributed by atoms with Crippen LogP contribution in [0.5, 0.6) is 0 Å². The second-order valence-electron chi connectivity index (χ2n) is 10.2. The fraction of sp³-hybridized carbons (Fsp3) is 0.462. The van der Waals surface area contributed by atoms with E-state index in [0.717, 1.165) is 0 Å². The highest BCUT2D eigenvalue weighted by Crippen LogP contribution is 2.32. The molecule has 2 amide bonds.